The van der Waals surface area contributed by atoms with Gasteiger partial charge in [-0.2, -0.15) is 12.6 Å². The van der Waals surface area contributed by atoms with Gasteiger partial charge in [0.25, 0.3) is 0 Å². The second-order valence-electron chi connectivity index (χ2n) is 3.31. The van der Waals surface area contributed by atoms with Crippen LogP contribution in [0.15, 0.2) is 0 Å². The van der Waals surface area contributed by atoms with E-state index in [4.69, 9.17) is 9.05 Å². The van der Waals surface area contributed by atoms with Gasteiger partial charge < -0.3 is 9.05 Å². The van der Waals surface area contributed by atoms with Gasteiger partial charge in [-0.15, -0.1) is 0 Å². The largest absolute Gasteiger partial charge is 0.330 e. The summed E-state index contributed by atoms with van der Waals surface area (Å²) in [6.45, 7) is 4.58. The number of thiol groups is 1. The van der Waals surface area contributed by atoms with Gasteiger partial charge >= 0.3 is 7.60 Å². The van der Waals surface area contributed by atoms with E-state index in [0.717, 1.165) is 31.4 Å². The van der Waals surface area contributed by atoms with E-state index in [0.29, 0.717) is 19.4 Å². The summed E-state index contributed by atoms with van der Waals surface area (Å²) in [5.41, 5.74) is 0. The summed E-state index contributed by atoms with van der Waals surface area (Å²) in [6.07, 6.45) is 4.79. The Bertz CT molecular complexity index is 178. The lowest BCUT2D eigenvalue weighted by Crippen LogP contribution is -2.00. The molecule has 0 saturated carbocycles. The van der Waals surface area contributed by atoms with Crippen LogP contribution in [0.25, 0.3) is 0 Å². The van der Waals surface area contributed by atoms with Gasteiger partial charge in [-0.1, -0.05) is 12.8 Å². The van der Waals surface area contributed by atoms with Crippen molar-refractivity contribution in [3.8, 4) is 0 Å². The average Bonchev–Trinajstić information content (AvgIpc) is 2.18. The molecule has 0 bridgehead atoms. The van der Waals surface area contributed by atoms with Crippen molar-refractivity contribution >= 4 is 20.2 Å². The highest BCUT2D eigenvalue weighted by Crippen LogP contribution is 2.48. The van der Waals surface area contributed by atoms with Crippen molar-refractivity contribution in [1.82, 2.24) is 0 Å². The molecule has 0 aliphatic heterocycles. The average molecular weight is 254 g/mol. The summed E-state index contributed by atoms with van der Waals surface area (Å²) < 4.78 is 22.4. The number of hydrogen-bond acceptors (Lipinski definition) is 4. The first-order valence-electron chi connectivity index (χ1n) is 5.67. The molecule has 0 atom stereocenters. The zero-order chi connectivity index (χ0) is 11.6. The minimum absolute atomic E-state index is 0.452. The van der Waals surface area contributed by atoms with Crippen molar-refractivity contribution in [2.24, 2.45) is 0 Å². The predicted octanol–water partition coefficient (Wildman–Crippen LogP) is 3.74. The van der Waals surface area contributed by atoms with Gasteiger partial charge in [0.15, 0.2) is 0 Å². The molecule has 0 aliphatic carbocycles. The Morgan fingerprint density at radius 3 is 2.00 bits per heavy atom. The van der Waals surface area contributed by atoms with Crippen LogP contribution in [0.5, 0.6) is 0 Å². The van der Waals surface area contributed by atoms with Crippen LogP contribution in [0.1, 0.15) is 39.5 Å². The molecule has 0 aromatic carbocycles. The molecular weight excluding hydrogens is 231 g/mol. The van der Waals surface area contributed by atoms with E-state index < -0.39 is 7.60 Å². The quantitative estimate of drug-likeness (QED) is 0.366. The molecule has 3 nitrogen and oxygen atoms in total. The van der Waals surface area contributed by atoms with E-state index in [1.165, 1.54) is 0 Å². The Morgan fingerprint density at radius 1 is 1.00 bits per heavy atom. The maximum Gasteiger partial charge on any atom is 0.330 e. The van der Waals surface area contributed by atoms with Crippen molar-refractivity contribution in [3.63, 3.8) is 0 Å². The third-order valence-electron chi connectivity index (χ3n) is 1.99. The molecule has 0 aromatic rings. The molecule has 0 N–H and O–H groups in total. The molecule has 0 heterocycles. The summed E-state index contributed by atoms with van der Waals surface area (Å²) in [6, 6.07) is 0. The molecule has 0 fully saturated rings. The second kappa shape index (κ2) is 9.71. The first kappa shape index (κ1) is 15.5. The molecule has 0 amide bonds. The van der Waals surface area contributed by atoms with Crippen LogP contribution in [0.3, 0.4) is 0 Å². The molecular formula is C10H23O3PS. The van der Waals surface area contributed by atoms with Gasteiger partial charge in [-0.3, -0.25) is 4.57 Å². The van der Waals surface area contributed by atoms with Gasteiger partial charge in [0, 0.05) is 0 Å². The molecule has 0 radical (unpaired) electrons. The van der Waals surface area contributed by atoms with E-state index >= 15 is 0 Å². The lowest BCUT2D eigenvalue weighted by molar-refractivity contribution is 0.219. The molecule has 0 unspecified atom stereocenters. The third-order valence-corrected chi connectivity index (χ3v) is 4.48. The van der Waals surface area contributed by atoms with Crippen LogP contribution in [0.2, 0.25) is 0 Å². The summed E-state index contributed by atoms with van der Waals surface area (Å²) in [4.78, 5) is 0. The lowest BCUT2D eigenvalue weighted by atomic mass is 10.2. The standard InChI is InChI=1S/C10H23O3PS/c1-3-12-14(11,13-4-2)9-7-5-6-8-10-15/h15H,3-10H2,1-2H3. The molecule has 0 saturated heterocycles. The Hall–Kier alpha value is 0.500. The SMILES string of the molecule is CCOP(=O)(CCCCCCS)OCC. The van der Waals surface area contributed by atoms with Crippen LogP contribution in [-0.4, -0.2) is 25.1 Å². The molecule has 0 aromatic heterocycles. The van der Waals surface area contributed by atoms with E-state index in [-0.39, 0.29) is 0 Å². The second-order valence-corrected chi connectivity index (χ2v) is 5.94. The molecule has 92 valence electrons. The number of unbranched alkanes of at least 4 members (excludes halogenated alkanes) is 3. The van der Waals surface area contributed by atoms with Crippen LogP contribution in [0, 0.1) is 0 Å². The minimum atomic E-state index is -2.79. The fourth-order valence-electron chi connectivity index (χ4n) is 1.33. The van der Waals surface area contributed by atoms with E-state index in [1.807, 2.05) is 13.8 Å². The Kier molecular flexibility index (Phi) is 10.0. The van der Waals surface area contributed by atoms with Gasteiger partial charge in [0.2, 0.25) is 0 Å². The summed E-state index contributed by atoms with van der Waals surface area (Å²) in [7, 11) is -2.79. The van der Waals surface area contributed by atoms with E-state index in [9.17, 15) is 4.57 Å². The normalized spacial score (nSPS) is 11.9. The summed E-state index contributed by atoms with van der Waals surface area (Å²) in [5.74, 6) is 0.925. The zero-order valence-electron chi connectivity index (χ0n) is 9.78. The van der Waals surface area contributed by atoms with Gasteiger partial charge in [-0.25, -0.2) is 0 Å². The maximum absolute atomic E-state index is 12.0. The zero-order valence-corrected chi connectivity index (χ0v) is 11.6. The van der Waals surface area contributed by atoms with E-state index in [2.05, 4.69) is 12.6 Å². The maximum atomic E-state index is 12.0. The predicted molar refractivity (Wildman–Crippen MR) is 68.0 cm³/mol. The fraction of sp³-hybridized carbons (Fsp3) is 1.00. The van der Waals surface area contributed by atoms with Crippen molar-refractivity contribution in [2.75, 3.05) is 25.1 Å². The lowest BCUT2D eigenvalue weighted by Gasteiger charge is -2.16. The van der Waals surface area contributed by atoms with Crippen LogP contribution < -0.4 is 0 Å². The fourth-order valence-corrected chi connectivity index (χ4v) is 3.28. The van der Waals surface area contributed by atoms with Crippen molar-refractivity contribution in [3.05, 3.63) is 0 Å². The smallest absolute Gasteiger partial charge is 0.309 e. The summed E-state index contributed by atoms with van der Waals surface area (Å²) >= 11 is 4.14. The highest BCUT2D eigenvalue weighted by molar-refractivity contribution is 7.80. The Morgan fingerprint density at radius 2 is 1.53 bits per heavy atom. The van der Waals surface area contributed by atoms with Gasteiger partial charge in [-0.05, 0) is 32.4 Å². The monoisotopic (exact) mass is 254 g/mol. The highest BCUT2D eigenvalue weighted by atomic mass is 32.1. The first-order valence-corrected chi connectivity index (χ1v) is 8.03. The molecule has 5 heteroatoms. The van der Waals surface area contributed by atoms with Crippen molar-refractivity contribution in [2.45, 2.75) is 39.5 Å². The van der Waals surface area contributed by atoms with Crippen LogP contribution in [-0.2, 0) is 13.6 Å². The minimum Gasteiger partial charge on any atom is -0.309 e. The van der Waals surface area contributed by atoms with Gasteiger partial charge in [0.1, 0.15) is 0 Å². The highest BCUT2D eigenvalue weighted by Gasteiger charge is 2.22. The molecule has 0 rings (SSSR count). The van der Waals surface area contributed by atoms with Crippen LogP contribution in [0.4, 0.5) is 0 Å². The van der Waals surface area contributed by atoms with Crippen molar-refractivity contribution in [1.29, 1.82) is 0 Å². The number of rotatable bonds is 10. The Balaban J connectivity index is 3.71. The van der Waals surface area contributed by atoms with E-state index in [1.54, 1.807) is 0 Å². The molecule has 0 aliphatic rings. The molecule has 15 heavy (non-hydrogen) atoms. The Labute approximate surface area is 98.9 Å². The number of hydrogen-bond donors (Lipinski definition) is 1. The molecule has 0 spiro atoms. The third kappa shape index (κ3) is 8.32. The van der Waals surface area contributed by atoms with Gasteiger partial charge in [0.05, 0.1) is 19.4 Å². The summed E-state index contributed by atoms with van der Waals surface area (Å²) in [5, 5.41) is 0. The van der Waals surface area contributed by atoms with Crippen molar-refractivity contribution < 1.29 is 13.6 Å². The topological polar surface area (TPSA) is 35.5 Å². The van der Waals surface area contributed by atoms with Crippen LogP contribution >= 0.6 is 20.2 Å². The first-order chi connectivity index (χ1) is 7.18.